The van der Waals surface area contributed by atoms with Crippen molar-refractivity contribution in [1.82, 2.24) is 25.4 Å². The Balaban J connectivity index is 1.70. The van der Waals surface area contributed by atoms with Crippen LogP contribution in [0.4, 0.5) is 0 Å². The second-order valence-electron chi connectivity index (χ2n) is 4.55. The number of aromatic nitrogens is 3. The zero-order chi connectivity index (χ0) is 12.1. The van der Waals surface area contributed by atoms with Gasteiger partial charge in [-0.15, -0.1) is 0 Å². The van der Waals surface area contributed by atoms with Crippen LogP contribution in [0.15, 0.2) is 12.7 Å². The fourth-order valence-electron chi connectivity index (χ4n) is 2.13. The van der Waals surface area contributed by atoms with E-state index >= 15 is 0 Å². The zero-order valence-corrected chi connectivity index (χ0v) is 10.1. The van der Waals surface area contributed by atoms with Gasteiger partial charge < -0.3 is 10.6 Å². The fourth-order valence-corrected chi connectivity index (χ4v) is 2.13. The Morgan fingerprint density at radius 1 is 1.65 bits per heavy atom. The third kappa shape index (κ3) is 3.81. The third-order valence-corrected chi connectivity index (χ3v) is 3.02. The van der Waals surface area contributed by atoms with E-state index < -0.39 is 0 Å². The highest BCUT2D eigenvalue weighted by Crippen LogP contribution is 2.08. The molecule has 1 aromatic heterocycles. The van der Waals surface area contributed by atoms with Gasteiger partial charge >= 0.3 is 0 Å². The van der Waals surface area contributed by atoms with Gasteiger partial charge in [-0.1, -0.05) is 0 Å². The number of nitrogens with zero attached hydrogens (tertiary/aromatic N) is 3. The summed E-state index contributed by atoms with van der Waals surface area (Å²) in [4.78, 5) is 15.6. The molecule has 17 heavy (non-hydrogen) atoms. The number of amides is 1. The fraction of sp³-hybridized carbons (Fsp3) is 0.727. The number of nitrogens with one attached hydrogen (secondary N) is 2. The van der Waals surface area contributed by atoms with Gasteiger partial charge in [0.25, 0.3) is 0 Å². The zero-order valence-electron chi connectivity index (χ0n) is 10.1. The average molecular weight is 237 g/mol. The SMILES string of the molecule is CC1CC(NC(=O)CCn2cncn2)CCN1. The maximum Gasteiger partial charge on any atom is 0.222 e. The minimum Gasteiger partial charge on any atom is -0.353 e. The third-order valence-electron chi connectivity index (χ3n) is 3.02. The van der Waals surface area contributed by atoms with Crippen LogP contribution in [0.1, 0.15) is 26.2 Å². The average Bonchev–Trinajstić information content (AvgIpc) is 2.79. The molecule has 2 atom stereocenters. The molecule has 0 radical (unpaired) electrons. The molecule has 1 aliphatic heterocycles. The van der Waals surface area contributed by atoms with Crippen LogP contribution >= 0.6 is 0 Å². The maximum absolute atomic E-state index is 11.7. The lowest BCUT2D eigenvalue weighted by Crippen LogP contribution is -2.46. The van der Waals surface area contributed by atoms with E-state index in [1.165, 1.54) is 6.33 Å². The molecule has 2 heterocycles. The predicted octanol–water partition coefficient (Wildman–Crippen LogP) is -0.0751. The van der Waals surface area contributed by atoms with E-state index in [1.54, 1.807) is 11.0 Å². The summed E-state index contributed by atoms with van der Waals surface area (Å²) in [6, 6.07) is 0.805. The first-order valence-corrected chi connectivity index (χ1v) is 6.09. The monoisotopic (exact) mass is 237 g/mol. The van der Waals surface area contributed by atoms with Crippen molar-refractivity contribution in [3.05, 3.63) is 12.7 Å². The van der Waals surface area contributed by atoms with Crippen LogP contribution in [0.2, 0.25) is 0 Å². The normalized spacial score (nSPS) is 24.5. The van der Waals surface area contributed by atoms with Gasteiger partial charge in [0.15, 0.2) is 0 Å². The summed E-state index contributed by atoms with van der Waals surface area (Å²) >= 11 is 0. The minimum atomic E-state index is 0.0969. The molecule has 0 saturated carbocycles. The van der Waals surface area contributed by atoms with Crippen molar-refractivity contribution in [2.45, 2.75) is 44.8 Å². The molecule has 94 valence electrons. The van der Waals surface area contributed by atoms with Crippen molar-refractivity contribution in [3.63, 3.8) is 0 Å². The molecule has 2 unspecified atom stereocenters. The second kappa shape index (κ2) is 5.77. The topological polar surface area (TPSA) is 71.8 Å². The highest BCUT2D eigenvalue weighted by atomic mass is 16.1. The van der Waals surface area contributed by atoms with E-state index in [1.807, 2.05) is 0 Å². The van der Waals surface area contributed by atoms with Gasteiger partial charge in [0.2, 0.25) is 5.91 Å². The lowest BCUT2D eigenvalue weighted by molar-refractivity contribution is -0.122. The molecule has 0 spiro atoms. The Kier molecular flexibility index (Phi) is 4.08. The molecular formula is C11H19N5O. The van der Waals surface area contributed by atoms with Crippen molar-refractivity contribution < 1.29 is 4.79 Å². The summed E-state index contributed by atoms with van der Waals surface area (Å²) in [5.41, 5.74) is 0. The molecule has 6 nitrogen and oxygen atoms in total. The largest absolute Gasteiger partial charge is 0.353 e. The van der Waals surface area contributed by atoms with E-state index in [0.717, 1.165) is 19.4 Å². The molecule has 0 bridgehead atoms. The predicted molar refractivity (Wildman–Crippen MR) is 63.3 cm³/mol. The Hall–Kier alpha value is -1.43. The molecule has 0 aliphatic carbocycles. The van der Waals surface area contributed by atoms with Crippen LogP contribution < -0.4 is 10.6 Å². The lowest BCUT2D eigenvalue weighted by Gasteiger charge is -2.28. The Morgan fingerprint density at radius 2 is 2.53 bits per heavy atom. The van der Waals surface area contributed by atoms with E-state index in [4.69, 9.17) is 0 Å². The number of rotatable bonds is 4. The molecule has 0 aromatic carbocycles. The van der Waals surface area contributed by atoms with Gasteiger partial charge in [0.05, 0.1) is 6.54 Å². The standard InChI is InChI=1S/C11H19N5O/c1-9-6-10(2-4-13-9)15-11(17)3-5-16-8-12-7-14-16/h7-10,13H,2-6H2,1H3,(H,15,17). The van der Waals surface area contributed by atoms with Gasteiger partial charge in [0.1, 0.15) is 12.7 Å². The quantitative estimate of drug-likeness (QED) is 0.768. The van der Waals surface area contributed by atoms with Crippen LogP contribution in [0.25, 0.3) is 0 Å². The summed E-state index contributed by atoms with van der Waals surface area (Å²) in [5.74, 6) is 0.0969. The molecule has 1 saturated heterocycles. The molecule has 1 aromatic rings. The first-order valence-electron chi connectivity index (χ1n) is 6.09. The van der Waals surface area contributed by atoms with Gasteiger partial charge in [-0.3, -0.25) is 9.48 Å². The van der Waals surface area contributed by atoms with E-state index in [2.05, 4.69) is 27.6 Å². The molecule has 2 rings (SSSR count). The van der Waals surface area contributed by atoms with Crippen molar-refractivity contribution in [3.8, 4) is 0 Å². The van der Waals surface area contributed by atoms with Crippen molar-refractivity contribution >= 4 is 5.91 Å². The Morgan fingerprint density at radius 3 is 3.24 bits per heavy atom. The smallest absolute Gasteiger partial charge is 0.222 e. The number of carbonyl (C=O) groups excluding carboxylic acids is 1. The minimum absolute atomic E-state index is 0.0969. The lowest BCUT2D eigenvalue weighted by atomic mass is 10.0. The van der Waals surface area contributed by atoms with Crippen molar-refractivity contribution in [2.75, 3.05) is 6.54 Å². The summed E-state index contributed by atoms with van der Waals surface area (Å²) < 4.78 is 1.67. The number of piperidine rings is 1. The van der Waals surface area contributed by atoms with E-state index in [9.17, 15) is 4.79 Å². The summed E-state index contributed by atoms with van der Waals surface area (Å²) in [5, 5.41) is 10.4. The van der Waals surface area contributed by atoms with Gasteiger partial charge in [-0.25, -0.2) is 4.98 Å². The van der Waals surface area contributed by atoms with E-state index in [-0.39, 0.29) is 5.91 Å². The van der Waals surface area contributed by atoms with Crippen molar-refractivity contribution in [2.24, 2.45) is 0 Å². The molecule has 1 aliphatic rings. The molecular weight excluding hydrogens is 218 g/mol. The molecule has 1 amide bonds. The first kappa shape index (κ1) is 12.0. The summed E-state index contributed by atoms with van der Waals surface area (Å²) in [7, 11) is 0. The Bertz CT molecular complexity index is 351. The molecule has 6 heteroatoms. The van der Waals surface area contributed by atoms with Gasteiger partial charge in [-0.2, -0.15) is 5.10 Å². The molecule has 2 N–H and O–H groups in total. The van der Waals surface area contributed by atoms with Gasteiger partial charge in [-0.05, 0) is 26.3 Å². The number of hydrogen-bond donors (Lipinski definition) is 2. The Labute approximate surface area is 101 Å². The highest BCUT2D eigenvalue weighted by molar-refractivity contribution is 5.76. The van der Waals surface area contributed by atoms with Gasteiger partial charge in [0, 0.05) is 18.5 Å². The number of aryl methyl sites for hydroxylation is 1. The van der Waals surface area contributed by atoms with E-state index in [0.29, 0.717) is 25.0 Å². The van der Waals surface area contributed by atoms with Crippen molar-refractivity contribution in [1.29, 1.82) is 0 Å². The number of hydrogen-bond acceptors (Lipinski definition) is 4. The van der Waals surface area contributed by atoms with Crippen LogP contribution in [0.3, 0.4) is 0 Å². The van der Waals surface area contributed by atoms with Crippen LogP contribution in [0.5, 0.6) is 0 Å². The maximum atomic E-state index is 11.7. The summed E-state index contributed by atoms with van der Waals surface area (Å²) in [6.07, 6.45) is 5.59. The van der Waals surface area contributed by atoms with Crippen LogP contribution in [-0.4, -0.2) is 39.3 Å². The second-order valence-corrected chi connectivity index (χ2v) is 4.55. The molecule has 1 fully saturated rings. The highest BCUT2D eigenvalue weighted by Gasteiger charge is 2.19. The summed E-state index contributed by atoms with van der Waals surface area (Å²) in [6.45, 7) is 3.72. The van der Waals surface area contributed by atoms with Crippen LogP contribution in [0, 0.1) is 0 Å². The first-order chi connectivity index (χ1) is 8.24. The number of carbonyl (C=O) groups is 1. The van der Waals surface area contributed by atoms with Crippen LogP contribution in [-0.2, 0) is 11.3 Å².